The van der Waals surface area contributed by atoms with Crippen LogP contribution in [0.4, 0.5) is 0 Å². The molecule has 0 spiro atoms. The van der Waals surface area contributed by atoms with Gasteiger partial charge < -0.3 is 5.11 Å². The van der Waals surface area contributed by atoms with Crippen molar-refractivity contribution >= 4 is 31.9 Å². The third-order valence-electron chi connectivity index (χ3n) is 3.23. The second-order valence-electron chi connectivity index (χ2n) is 8.17. The summed E-state index contributed by atoms with van der Waals surface area (Å²) in [5.41, 5.74) is -0.233. The highest BCUT2D eigenvalue weighted by atomic mass is 79.9. The van der Waals surface area contributed by atoms with Crippen LogP contribution in [0, 0.1) is 10.8 Å². The molecule has 0 atom stereocenters. The molecule has 3 heteroatoms. The van der Waals surface area contributed by atoms with E-state index < -0.39 is 0 Å². The predicted octanol–water partition coefficient (Wildman–Crippen LogP) is 5.53. The fourth-order valence-corrected chi connectivity index (χ4v) is 4.86. The lowest BCUT2D eigenvalue weighted by atomic mass is 9.66. The molecule has 0 aliphatic heterocycles. The van der Waals surface area contributed by atoms with Crippen LogP contribution in [0.3, 0.4) is 0 Å². The summed E-state index contributed by atoms with van der Waals surface area (Å²) in [6.07, 6.45) is 1.54. The van der Waals surface area contributed by atoms with Gasteiger partial charge in [0.1, 0.15) is 0 Å². The van der Waals surface area contributed by atoms with Crippen LogP contribution in [-0.2, 0) is 0 Å². The van der Waals surface area contributed by atoms with E-state index in [0.29, 0.717) is 0 Å². The van der Waals surface area contributed by atoms with Crippen molar-refractivity contribution in [1.82, 2.24) is 0 Å². The van der Waals surface area contributed by atoms with E-state index in [0.717, 1.165) is 12.8 Å². The van der Waals surface area contributed by atoms with Gasteiger partial charge in [-0.15, -0.1) is 0 Å². The van der Waals surface area contributed by atoms with Crippen molar-refractivity contribution < 1.29 is 5.11 Å². The highest BCUT2D eigenvalue weighted by Crippen LogP contribution is 2.46. The van der Waals surface area contributed by atoms with E-state index in [4.69, 9.17) is 0 Å². The van der Waals surface area contributed by atoms with Gasteiger partial charge in [0.2, 0.25) is 0 Å². The van der Waals surface area contributed by atoms with Gasteiger partial charge in [-0.05, 0) is 23.7 Å². The van der Waals surface area contributed by atoms with Crippen molar-refractivity contribution in [3.05, 3.63) is 0 Å². The molecule has 18 heavy (non-hydrogen) atoms. The third-order valence-corrected chi connectivity index (χ3v) is 3.79. The van der Waals surface area contributed by atoms with Crippen LogP contribution in [0.5, 0.6) is 0 Å². The molecule has 110 valence electrons. The SMILES string of the molecule is CC(C)(Br)CC(C)(C)C(O)C(C)(C)CC(C)(C)Br. The Labute approximate surface area is 130 Å². The molecular formula is C15H30Br2O. The molecule has 0 fully saturated rings. The minimum Gasteiger partial charge on any atom is -0.392 e. The van der Waals surface area contributed by atoms with Gasteiger partial charge in [-0.3, -0.25) is 0 Å². The van der Waals surface area contributed by atoms with Crippen LogP contribution >= 0.6 is 31.9 Å². The summed E-state index contributed by atoms with van der Waals surface area (Å²) < 4.78 is 0.106. The molecule has 0 aliphatic carbocycles. The maximum absolute atomic E-state index is 10.8. The van der Waals surface area contributed by atoms with Crippen LogP contribution in [0.25, 0.3) is 0 Å². The average Bonchev–Trinajstić information content (AvgIpc) is 1.92. The van der Waals surface area contributed by atoms with Gasteiger partial charge in [-0.25, -0.2) is 0 Å². The fourth-order valence-electron chi connectivity index (χ4n) is 3.42. The zero-order valence-electron chi connectivity index (χ0n) is 13.2. The van der Waals surface area contributed by atoms with Crippen molar-refractivity contribution in [1.29, 1.82) is 0 Å². The number of halogens is 2. The Morgan fingerprint density at radius 3 is 1.11 bits per heavy atom. The molecule has 0 heterocycles. The van der Waals surface area contributed by atoms with Crippen LogP contribution in [0.2, 0.25) is 0 Å². The maximum atomic E-state index is 10.8. The van der Waals surface area contributed by atoms with E-state index in [2.05, 4.69) is 87.2 Å². The molecule has 0 amide bonds. The molecule has 0 aromatic rings. The van der Waals surface area contributed by atoms with Gasteiger partial charge in [-0.2, -0.15) is 0 Å². The predicted molar refractivity (Wildman–Crippen MR) is 88.8 cm³/mol. The first-order valence-electron chi connectivity index (χ1n) is 6.63. The molecule has 0 saturated heterocycles. The molecule has 0 rings (SSSR count). The zero-order valence-corrected chi connectivity index (χ0v) is 16.4. The molecule has 0 aromatic carbocycles. The molecule has 0 aliphatic rings. The van der Waals surface area contributed by atoms with E-state index in [-0.39, 0.29) is 25.6 Å². The van der Waals surface area contributed by atoms with Gasteiger partial charge >= 0.3 is 0 Å². The van der Waals surface area contributed by atoms with Crippen LogP contribution in [0.1, 0.15) is 68.2 Å². The molecular weight excluding hydrogens is 356 g/mol. The Morgan fingerprint density at radius 1 is 0.722 bits per heavy atom. The Balaban J connectivity index is 4.96. The van der Waals surface area contributed by atoms with Crippen molar-refractivity contribution in [3.63, 3.8) is 0 Å². The van der Waals surface area contributed by atoms with Crippen molar-refractivity contribution in [2.75, 3.05) is 0 Å². The standard InChI is InChI=1S/C15H30Br2O/c1-12(2,9-14(5,6)16)11(18)13(3,4)10-15(7,8)17/h11,18H,9-10H2,1-8H3. The smallest absolute Gasteiger partial charge is 0.0642 e. The monoisotopic (exact) mass is 384 g/mol. The number of hydrogen-bond donors (Lipinski definition) is 1. The number of rotatable bonds is 6. The van der Waals surface area contributed by atoms with E-state index in [9.17, 15) is 5.11 Å². The molecule has 0 aromatic heterocycles. The van der Waals surface area contributed by atoms with E-state index in [1.54, 1.807) is 0 Å². The van der Waals surface area contributed by atoms with Gasteiger partial charge in [-0.1, -0.05) is 87.2 Å². The quantitative estimate of drug-likeness (QED) is 0.596. The van der Waals surface area contributed by atoms with Crippen LogP contribution in [-0.4, -0.2) is 19.9 Å². The molecule has 1 nitrogen and oxygen atoms in total. The Hall–Kier alpha value is 0.920. The number of aliphatic hydroxyl groups excluding tert-OH is 1. The summed E-state index contributed by atoms with van der Waals surface area (Å²) in [6.45, 7) is 17.2. The fraction of sp³-hybridized carbons (Fsp3) is 1.00. The molecule has 0 saturated carbocycles. The molecule has 0 radical (unpaired) electrons. The second-order valence-corrected chi connectivity index (χ2v) is 12.5. The van der Waals surface area contributed by atoms with E-state index >= 15 is 0 Å². The first-order chi connectivity index (χ1) is 7.57. The van der Waals surface area contributed by atoms with Gasteiger partial charge in [0.15, 0.2) is 0 Å². The highest BCUT2D eigenvalue weighted by molar-refractivity contribution is 9.10. The van der Waals surface area contributed by atoms with E-state index in [1.165, 1.54) is 0 Å². The topological polar surface area (TPSA) is 20.2 Å². The summed E-state index contributed by atoms with van der Waals surface area (Å²) in [7, 11) is 0. The van der Waals surface area contributed by atoms with Crippen molar-refractivity contribution in [2.24, 2.45) is 10.8 Å². The molecule has 0 unspecified atom stereocenters. The molecule has 0 bridgehead atoms. The third kappa shape index (κ3) is 6.91. The van der Waals surface area contributed by atoms with Crippen molar-refractivity contribution in [3.8, 4) is 0 Å². The van der Waals surface area contributed by atoms with Gasteiger partial charge in [0.05, 0.1) is 6.10 Å². The van der Waals surface area contributed by atoms with E-state index in [1.807, 2.05) is 0 Å². The van der Waals surface area contributed by atoms with Gasteiger partial charge in [0, 0.05) is 8.65 Å². The second kappa shape index (κ2) is 5.73. The maximum Gasteiger partial charge on any atom is 0.0642 e. The van der Waals surface area contributed by atoms with Gasteiger partial charge in [0.25, 0.3) is 0 Å². The number of alkyl halides is 2. The Kier molecular flexibility index (Phi) is 6.02. The lowest BCUT2D eigenvalue weighted by Gasteiger charge is -2.45. The summed E-state index contributed by atoms with van der Waals surface area (Å²) in [5, 5.41) is 10.8. The Bertz CT molecular complexity index is 241. The average molecular weight is 386 g/mol. The minimum absolute atomic E-state index is 0.0531. The normalized spacial score (nSPS) is 15.3. The summed E-state index contributed by atoms with van der Waals surface area (Å²) in [4.78, 5) is 0. The summed E-state index contributed by atoms with van der Waals surface area (Å²) in [5.74, 6) is 0. The van der Waals surface area contributed by atoms with Crippen LogP contribution in [0.15, 0.2) is 0 Å². The highest BCUT2D eigenvalue weighted by Gasteiger charge is 2.43. The lowest BCUT2D eigenvalue weighted by molar-refractivity contribution is -0.0539. The molecule has 1 N–H and O–H groups in total. The number of aliphatic hydroxyl groups is 1. The first kappa shape index (κ1) is 18.9. The van der Waals surface area contributed by atoms with Crippen LogP contribution < -0.4 is 0 Å². The van der Waals surface area contributed by atoms with Crippen molar-refractivity contribution in [2.45, 2.75) is 83.0 Å². The number of hydrogen-bond acceptors (Lipinski definition) is 1. The Morgan fingerprint density at radius 2 is 0.944 bits per heavy atom. The first-order valence-corrected chi connectivity index (χ1v) is 8.21. The largest absolute Gasteiger partial charge is 0.392 e. The lowest BCUT2D eigenvalue weighted by Crippen LogP contribution is -2.45. The summed E-state index contributed by atoms with van der Waals surface area (Å²) >= 11 is 7.38. The summed E-state index contributed by atoms with van der Waals surface area (Å²) in [6, 6.07) is 0. The minimum atomic E-state index is -0.335. The zero-order chi connectivity index (χ0) is 15.0.